The molecule has 0 fully saturated rings. The molecule has 18 heavy (non-hydrogen) atoms. The summed E-state index contributed by atoms with van der Waals surface area (Å²) in [7, 11) is 3.56. The van der Waals surface area contributed by atoms with Crippen molar-refractivity contribution < 1.29 is 9.15 Å². The van der Waals surface area contributed by atoms with E-state index < -0.39 is 0 Å². The summed E-state index contributed by atoms with van der Waals surface area (Å²) in [6, 6.07) is 5.74. The predicted molar refractivity (Wildman–Crippen MR) is 69.8 cm³/mol. The molecule has 2 aromatic rings. The summed E-state index contributed by atoms with van der Waals surface area (Å²) in [6.45, 7) is 2.07. The molecule has 0 saturated heterocycles. The maximum absolute atomic E-state index is 5.48. The van der Waals surface area contributed by atoms with Crippen LogP contribution in [0.1, 0.15) is 30.0 Å². The normalized spacial score (nSPS) is 12.4. The Hall–Kier alpha value is -1.81. The van der Waals surface area contributed by atoms with Gasteiger partial charge in [-0.05, 0) is 25.2 Å². The van der Waals surface area contributed by atoms with Gasteiger partial charge in [0.25, 0.3) is 0 Å². The molecule has 2 rings (SSSR count). The number of ether oxygens (including phenoxy) is 1. The molecule has 4 nitrogen and oxygen atoms in total. The van der Waals surface area contributed by atoms with Crippen molar-refractivity contribution in [3.63, 3.8) is 0 Å². The molecule has 0 aliphatic rings. The van der Waals surface area contributed by atoms with Crippen LogP contribution in [0.15, 0.2) is 35.1 Å². The van der Waals surface area contributed by atoms with Gasteiger partial charge in [0, 0.05) is 18.2 Å². The molecule has 0 amide bonds. The molecule has 0 aromatic carbocycles. The van der Waals surface area contributed by atoms with Crippen molar-refractivity contribution in [2.24, 2.45) is 0 Å². The summed E-state index contributed by atoms with van der Waals surface area (Å²) in [4.78, 5) is 4.42. The molecule has 0 saturated carbocycles. The first-order chi connectivity index (χ1) is 8.81. The molecule has 0 spiro atoms. The number of rotatable bonds is 5. The maximum Gasteiger partial charge on any atom is 0.142 e. The Morgan fingerprint density at radius 1 is 1.44 bits per heavy atom. The summed E-state index contributed by atoms with van der Waals surface area (Å²) in [5.41, 5.74) is 1.98. The van der Waals surface area contributed by atoms with Crippen LogP contribution in [0.4, 0.5) is 0 Å². The lowest BCUT2D eigenvalue weighted by atomic mass is 10.0. The summed E-state index contributed by atoms with van der Waals surface area (Å²) in [5, 5.41) is 3.27. The Balaban J connectivity index is 2.45. The molecule has 4 heteroatoms. The van der Waals surface area contributed by atoms with Gasteiger partial charge in [0.2, 0.25) is 0 Å². The third kappa shape index (κ3) is 2.24. The van der Waals surface area contributed by atoms with Gasteiger partial charge in [-0.3, -0.25) is 4.98 Å². The number of nitrogens with zero attached hydrogens (tertiary/aromatic N) is 1. The topological polar surface area (TPSA) is 47.3 Å². The van der Waals surface area contributed by atoms with E-state index in [1.54, 1.807) is 19.6 Å². The number of hydrogen-bond acceptors (Lipinski definition) is 4. The second-order valence-corrected chi connectivity index (χ2v) is 3.97. The zero-order valence-electron chi connectivity index (χ0n) is 10.9. The van der Waals surface area contributed by atoms with Gasteiger partial charge in [-0.1, -0.05) is 6.92 Å². The molecule has 0 bridgehead atoms. The molecule has 0 aliphatic heterocycles. The fraction of sp³-hybridized carbons (Fsp3) is 0.357. The molecule has 2 heterocycles. The lowest BCUT2D eigenvalue weighted by molar-refractivity contribution is 0.401. The van der Waals surface area contributed by atoms with Gasteiger partial charge in [0.1, 0.15) is 17.2 Å². The monoisotopic (exact) mass is 246 g/mol. The van der Waals surface area contributed by atoms with Gasteiger partial charge in [-0.25, -0.2) is 0 Å². The van der Waals surface area contributed by atoms with E-state index >= 15 is 0 Å². The van der Waals surface area contributed by atoms with E-state index in [4.69, 9.17) is 9.15 Å². The van der Waals surface area contributed by atoms with Gasteiger partial charge in [-0.2, -0.15) is 0 Å². The molecule has 1 unspecified atom stereocenters. The number of methoxy groups -OCH3 is 1. The summed E-state index contributed by atoms with van der Waals surface area (Å²) < 4.78 is 10.8. The second-order valence-electron chi connectivity index (χ2n) is 3.97. The van der Waals surface area contributed by atoms with Gasteiger partial charge in [0.05, 0.1) is 19.4 Å². The van der Waals surface area contributed by atoms with Crippen LogP contribution in [0.25, 0.3) is 0 Å². The van der Waals surface area contributed by atoms with Crippen LogP contribution in [0.3, 0.4) is 0 Å². The van der Waals surface area contributed by atoms with Crippen LogP contribution in [0.5, 0.6) is 5.75 Å². The Kier molecular flexibility index (Phi) is 3.99. The highest BCUT2D eigenvalue weighted by Crippen LogP contribution is 2.30. The first-order valence-corrected chi connectivity index (χ1v) is 6.04. The number of aromatic nitrogens is 1. The van der Waals surface area contributed by atoms with Crippen molar-refractivity contribution in [3.8, 4) is 5.75 Å². The molecular formula is C14H18N2O2. The molecule has 1 N–H and O–H groups in total. The highest BCUT2D eigenvalue weighted by molar-refractivity contribution is 5.37. The second kappa shape index (κ2) is 5.69. The quantitative estimate of drug-likeness (QED) is 0.880. The van der Waals surface area contributed by atoms with Crippen LogP contribution in [-0.4, -0.2) is 19.1 Å². The third-order valence-corrected chi connectivity index (χ3v) is 2.99. The third-order valence-electron chi connectivity index (χ3n) is 2.99. The molecular weight excluding hydrogens is 228 g/mol. The fourth-order valence-electron chi connectivity index (χ4n) is 2.13. The lowest BCUT2D eigenvalue weighted by Crippen LogP contribution is -2.20. The van der Waals surface area contributed by atoms with Crippen LogP contribution in [0, 0.1) is 0 Å². The van der Waals surface area contributed by atoms with Gasteiger partial charge in [-0.15, -0.1) is 0 Å². The molecule has 2 aromatic heterocycles. The van der Waals surface area contributed by atoms with E-state index in [1.165, 1.54) is 0 Å². The van der Waals surface area contributed by atoms with Crippen molar-refractivity contribution in [1.82, 2.24) is 10.3 Å². The number of nitrogens with one attached hydrogen (secondary N) is 1. The summed E-state index contributed by atoms with van der Waals surface area (Å²) in [6.07, 6.45) is 4.34. The highest BCUT2D eigenvalue weighted by Gasteiger charge is 2.21. The highest BCUT2D eigenvalue weighted by atomic mass is 16.5. The smallest absolute Gasteiger partial charge is 0.142 e. The molecule has 0 radical (unpaired) electrons. The molecule has 0 aliphatic carbocycles. The first kappa shape index (κ1) is 12.6. The van der Waals surface area contributed by atoms with E-state index in [0.717, 1.165) is 29.2 Å². The predicted octanol–water partition coefficient (Wildman–Crippen LogP) is 2.55. The minimum Gasteiger partial charge on any atom is -0.495 e. The first-order valence-electron chi connectivity index (χ1n) is 6.04. The Bertz CT molecular complexity index is 508. The number of hydrogen-bond donors (Lipinski definition) is 1. The SMILES string of the molecule is CCc1occc1C(NC)c1ncccc1OC. The minimum absolute atomic E-state index is 0.0187. The molecule has 1 atom stereocenters. The van der Waals surface area contributed by atoms with Gasteiger partial charge >= 0.3 is 0 Å². The van der Waals surface area contributed by atoms with Gasteiger partial charge < -0.3 is 14.5 Å². The van der Waals surface area contributed by atoms with Crippen LogP contribution >= 0.6 is 0 Å². The van der Waals surface area contributed by atoms with Crippen molar-refractivity contribution in [3.05, 3.63) is 47.7 Å². The zero-order chi connectivity index (χ0) is 13.0. The Labute approximate surface area is 107 Å². The average Bonchev–Trinajstić information content (AvgIpc) is 2.88. The van der Waals surface area contributed by atoms with Crippen LogP contribution in [0.2, 0.25) is 0 Å². The van der Waals surface area contributed by atoms with E-state index in [9.17, 15) is 0 Å². The van der Waals surface area contributed by atoms with E-state index in [0.29, 0.717) is 0 Å². The number of furan rings is 1. The fourth-order valence-corrected chi connectivity index (χ4v) is 2.13. The number of pyridine rings is 1. The van der Waals surface area contributed by atoms with Crippen molar-refractivity contribution in [1.29, 1.82) is 0 Å². The standard InChI is InChI=1S/C14H18N2O2/c1-4-11-10(7-9-18-11)13(15-2)14-12(17-3)6-5-8-16-14/h5-9,13,15H,4H2,1-3H3. The summed E-state index contributed by atoms with van der Waals surface area (Å²) in [5.74, 6) is 1.75. The van der Waals surface area contributed by atoms with Crippen molar-refractivity contribution in [2.75, 3.05) is 14.2 Å². The van der Waals surface area contributed by atoms with E-state index in [1.807, 2.05) is 25.2 Å². The Morgan fingerprint density at radius 3 is 2.94 bits per heavy atom. The van der Waals surface area contributed by atoms with Crippen molar-refractivity contribution >= 4 is 0 Å². The van der Waals surface area contributed by atoms with E-state index in [2.05, 4.69) is 17.2 Å². The minimum atomic E-state index is -0.0187. The largest absolute Gasteiger partial charge is 0.495 e. The van der Waals surface area contributed by atoms with Gasteiger partial charge in [0.15, 0.2) is 0 Å². The van der Waals surface area contributed by atoms with Crippen LogP contribution < -0.4 is 10.1 Å². The maximum atomic E-state index is 5.48. The zero-order valence-corrected chi connectivity index (χ0v) is 10.9. The average molecular weight is 246 g/mol. The van der Waals surface area contributed by atoms with Crippen LogP contribution in [-0.2, 0) is 6.42 Å². The Morgan fingerprint density at radius 2 is 2.28 bits per heavy atom. The number of aryl methyl sites for hydroxylation is 1. The summed E-state index contributed by atoms with van der Waals surface area (Å²) >= 11 is 0. The molecule has 96 valence electrons. The van der Waals surface area contributed by atoms with E-state index in [-0.39, 0.29) is 6.04 Å². The lowest BCUT2D eigenvalue weighted by Gasteiger charge is -2.18. The van der Waals surface area contributed by atoms with Crippen molar-refractivity contribution in [2.45, 2.75) is 19.4 Å².